The predicted molar refractivity (Wildman–Crippen MR) is 68.8 cm³/mol. The van der Waals surface area contributed by atoms with Crippen LogP contribution in [-0.4, -0.2) is 15.9 Å². The third-order valence-corrected chi connectivity index (χ3v) is 3.76. The zero-order valence-electron chi connectivity index (χ0n) is 9.90. The van der Waals surface area contributed by atoms with Crippen LogP contribution >= 0.6 is 0 Å². The number of H-pyrrole nitrogens is 1. The second-order valence-corrected chi connectivity index (χ2v) is 4.82. The van der Waals surface area contributed by atoms with Crippen LogP contribution in [0, 0.1) is 6.92 Å². The summed E-state index contributed by atoms with van der Waals surface area (Å²) in [7, 11) is 0. The zero-order valence-corrected chi connectivity index (χ0v) is 9.90. The zero-order chi connectivity index (χ0) is 11.8. The van der Waals surface area contributed by atoms with Crippen LogP contribution in [0.2, 0.25) is 0 Å². The minimum absolute atomic E-state index is 0.497. The number of nitrogens with one attached hydrogen (secondary N) is 1. The molecule has 88 valence electrons. The van der Waals surface area contributed by atoms with E-state index in [2.05, 4.69) is 41.3 Å². The van der Waals surface area contributed by atoms with Gasteiger partial charge in [0.25, 0.3) is 0 Å². The third kappa shape index (κ3) is 1.62. The lowest BCUT2D eigenvalue weighted by molar-refractivity contribution is 0.317. The highest BCUT2D eigenvalue weighted by molar-refractivity contribution is 5.90. The number of benzene rings is 1. The van der Waals surface area contributed by atoms with Gasteiger partial charge < -0.3 is 10.2 Å². The number of hydrogen-bond donors (Lipinski definition) is 2. The summed E-state index contributed by atoms with van der Waals surface area (Å²) in [6.45, 7) is 2.13. The summed E-state index contributed by atoms with van der Waals surface area (Å²) in [6, 6.07) is 8.41. The summed E-state index contributed by atoms with van der Waals surface area (Å²) in [4.78, 5) is 3.43. The molecule has 0 unspecified atom stereocenters. The van der Waals surface area contributed by atoms with Gasteiger partial charge in [0.1, 0.15) is 0 Å². The normalized spacial score (nSPS) is 22.6. The van der Waals surface area contributed by atoms with Crippen molar-refractivity contribution in [2.75, 3.05) is 0 Å². The lowest BCUT2D eigenvalue weighted by atomic mass is 9.95. The molecule has 2 aromatic rings. The molecule has 3 rings (SSSR count). The number of nitrogens with zero attached hydrogens (tertiary/aromatic N) is 1. The highest BCUT2D eigenvalue weighted by Gasteiger charge is 2.26. The first-order valence-corrected chi connectivity index (χ1v) is 6.06. The Morgan fingerprint density at radius 2 is 2.18 bits per heavy atom. The molecule has 1 atom stereocenters. The number of aryl methyl sites for hydroxylation is 1. The SMILES string of the molecule is Cc1[nH]c2ccccc2c1[C@H]1CC/C(=N\O)C1. The smallest absolute Gasteiger partial charge is 0.0577 e. The highest BCUT2D eigenvalue weighted by atomic mass is 16.4. The first kappa shape index (κ1) is 10.4. The van der Waals surface area contributed by atoms with Crippen LogP contribution < -0.4 is 0 Å². The molecular formula is C14H16N2O. The van der Waals surface area contributed by atoms with E-state index < -0.39 is 0 Å². The number of aromatic nitrogens is 1. The van der Waals surface area contributed by atoms with Gasteiger partial charge in [0, 0.05) is 16.6 Å². The Balaban J connectivity index is 2.08. The van der Waals surface area contributed by atoms with Gasteiger partial charge in [0.2, 0.25) is 0 Å². The molecule has 17 heavy (non-hydrogen) atoms. The predicted octanol–water partition coefficient (Wildman–Crippen LogP) is 3.57. The van der Waals surface area contributed by atoms with E-state index in [1.807, 2.05) is 0 Å². The molecule has 0 bridgehead atoms. The van der Waals surface area contributed by atoms with Crippen LogP contribution in [0.5, 0.6) is 0 Å². The van der Waals surface area contributed by atoms with E-state index in [0.29, 0.717) is 5.92 Å². The van der Waals surface area contributed by atoms with Crippen molar-refractivity contribution in [3.05, 3.63) is 35.5 Å². The van der Waals surface area contributed by atoms with Crippen LogP contribution in [0.1, 0.15) is 36.4 Å². The Morgan fingerprint density at radius 1 is 1.35 bits per heavy atom. The molecule has 1 aliphatic carbocycles. The standard InChI is InChI=1S/C14H16N2O/c1-9-14(10-6-7-11(8-10)16-17)12-4-2-3-5-13(12)15-9/h2-5,10,15,17H,6-8H2,1H3/b16-11+/t10-/m0/s1. The summed E-state index contributed by atoms with van der Waals surface area (Å²) >= 11 is 0. The lowest BCUT2D eigenvalue weighted by Crippen LogP contribution is -1.96. The molecule has 1 aliphatic rings. The first-order chi connectivity index (χ1) is 8.29. The lowest BCUT2D eigenvalue weighted by Gasteiger charge is -2.08. The van der Waals surface area contributed by atoms with Crippen LogP contribution in [0.15, 0.2) is 29.4 Å². The molecule has 1 aromatic carbocycles. The number of hydrogen-bond acceptors (Lipinski definition) is 2. The van der Waals surface area contributed by atoms with Gasteiger partial charge in [-0.15, -0.1) is 0 Å². The molecule has 0 spiro atoms. The van der Waals surface area contributed by atoms with E-state index >= 15 is 0 Å². The van der Waals surface area contributed by atoms with Gasteiger partial charge in [0.05, 0.1) is 5.71 Å². The number of aromatic amines is 1. The van der Waals surface area contributed by atoms with Crippen molar-refractivity contribution in [2.24, 2.45) is 5.16 Å². The average molecular weight is 228 g/mol. The molecule has 3 heteroatoms. The summed E-state index contributed by atoms with van der Waals surface area (Å²) < 4.78 is 0. The van der Waals surface area contributed by atoms with Gasteiger partial charge in [-0.25, -0.2) is 0 Å². The third-order valence-electron chi connectivity index (χ3n) is 3.76. The van der Waals surface area contributed by atoms with Gasteiger partial charge in [-0.1, -0.05) is 23.4 Å². The Morgan fingerprint density at radius 3 is 2.94 bits per heavy atom. The van der Waals surface area contributed by atoms with Crippen LogP contribution in [0.3, 0.4) is 0 Å². The molecule has 0 radical (unpaired) electrons. The summed E-state index contributed by atoms with van der Waals surface area (Å²) in [5, 5.41) is 13.5. The van der Waals surface area contributed by atoms with Crippen molar-refractivity contribution < 1.29 is 5.21 Å². The van der Waals surface area contributed by atoms with Crippen molar-refractivity contribution >= 4 is 16.6 Å². The number of fused-ring (bicyclic) bond motifs is 1. The van der Waals surface area contributed by atoms with E-state index in [9.17, 15) is 0 Å². The van der Waals surface area contributed by atoms with E-state index in [1.54, 1.807) is 0 Å². The van der Waals surface area contributed by atoms with Gasteiger partial charge in [-0.2, -0.15) is 0 Å². The van der Waals surface area contributed by atoms with Crippen molar-refractivity contribution in [1.29, 1.82) is 0 Å². The van der Waals surface area contributed by atoms with Crippen molar-refractivity contribution in [1.82, 2.24) is 4.98 Å². The summed E-state index contributed by atoms with van der Waals surface area (Å²) in [5.41, 5.74) is 4.78. The fraction of sp³-hybridized carbons (Fsp3) is 0.357. The van der Waals surface area contributed by atoms with Gasteiger partial charge >= 0.3 is 0 Å². The van der Waals surface area contributed by atoms with Crippen molar-refractivity contribution in [3.63, 3.8) is 0 Å². The summed E-state index contributed by atoms with van der Waals surface area (Å²) in [5.74, 6) is 0.497. The molecule has 0 aliphatic heterocycles. The first-order valence-electron chi connectivity index (χ1n) is 6.06. The molecule has 1 aromatic heterocycles. The Hall–Kier alpha value is -1.77. The van der Waals surface area contributed by atoms with Crippen LogP contribution in [0.25, 0.3) is 10.9 Å². The van der Waals surface area contributed by atoms with Gasteiger partial charge in [0.15, 0.2) is 0 Å². The highest BCUT2D eigenvalue weighted by Crippen LogP contribution is 2.38. The van der Waals surface area contributed by atoms with Crippen molar-refractivity contribution in [3.8, 4) is 0 Å². The average Bonchev–Trinajstić information content (AvgIpc) is 2.91. The molecule has 1 fully saturated rings. The fourth-order valence-corrected chi connectivity index (χ4v) is 2.99. The maximum absolute atomic E-state index is 8.84. The van der Waals surface area contributed by atoms with E-state index in [1.165, 1.54) is 22.2 Å². The van der Waals surface area contributed by atoms with E-state index in [-0.39, 0.29) is 0 Å². The molecule has 1 saturated carbocycles. The summed E-state index contributed by atoms with van der Waals surface area (Å²) in [6.07, 6.45) is 2.89. The second-order valence-electron chi connectivity index (χ2n) is 4.82. The van der Waals surface area contributed by atoms with E-state index in [4.69, 9.17) is 5.21 Å². The molecule has 3 nitrogen and oxygen atoms in total. The maximum Gasteiger partial charge on any atom is 0.0577 e. The Labute approximate surface area is 100 Å². The number of rotatable bonds is 1. The van der Waals surface area contributed by atoms with Gasteiger partial charge in [-0.3, -0.25) is 0 Å². The van der Waals surface area contributed by atoms with Crippen LogP contribution in [-0.2, 0) is 0 Å². The minimum Gasteiger partial charge on any atom is -0.411 e. The number of para-hydroxylation sites is 1. The topological polar surface area (TPSA) is 48.4 Å². The largest absolute Gasteiger partial charge is 0.411 e. The quantitative estimate of drug-likeness (QED) is 0.569. The Kier molecular flexibility index (Phi) is 2.39. The molecule has 0 saturated heterocycles. The second kappa shape index (κ2) is 3.91. The monoisotopic (exact) mass is 228 g/mol. The Bertz CT molecular complexity index is 583. The van der Waals surface area contributed by atoms with Crippen LogP contribution in [0.4, 0.5) is 0 Å². The molecular weight excluding hydrogens is 212 g/mol. The number of oxime groups is 1. The maximum atomic E-state index is 8.84. The molecule has 1 heterocycles. The molecule has 2 N–H and O–H groups in total. The fourth-order valence-electron chi connectivity index (χ4n) is 2.99. The van der Waals surface area contributed by atoms with E-state index in [0.717, 1.165) is 25.0 Å². The van der Waals surface area contributed by atoms with Gasteiger partial charge in [-0.05, 0) is 43.7 Å². The minimum atomic E-state index is 0.497. The molecule has 0 amide bonds. The van der Waals surface area contributed by atoms with Crippen molar-refractivity contribution in [2.45, 2.75) is 32.1 Å².